The number of amides is 2. The Morgan fingerprint density at radius 2 is 2.04 bits per heavy atom. The second-order valence-electron chi connectivity index (χ2n) is 6.07. The first-order valence-electron chi connectivity index (χ1n) is 8.13. The molecule has 1 aromatic carbocycles. The van der Waals surface area contributed by atoms with Crippen LogP contribution < -0.4 is 5.32 Å². The summed E-state index contributed by atoms with van der Waals surface area (Å²) in [6.07, 6.45) is 3.83. The number of rotatable bonds is 3. The van der Waals surface area contributed by atoms with Crippen molar-refractivity contribution in [3.63, 3.8) is 0 Å². The molecule has 2 aromatic rings. The van der Waals surface area contributed by atoms with Gasteiger partial charge in [-0.05, 0) is 48.7 Å². The van der Waals surface area contributed by atoms with Crippen LogP contribution in [0.1, 0.15) is 30.0 Å². The normalized spacial score (nSPS) is 18.7. The SMILES string of the molecule is O=C(NC(c1ccncc1)c1cc(F)ccc1F)N1CCCC(O)C1. The minimum atomic E-state index is -0.856. The third-order valence-corrected chi connectivity index (χ3v) is 4.26. The molecular weight excluding hydrogens is 328 g/mol. The molecule has 2 heterocycles. The number of nitrogens with one attached hydrogen (secondary N) is 1. The maximum atomic E-state index is 14.3. The molecule has 7 heteroatoms. The number of aliphatic hydroxyl groups excluding tert-OH is 1. The Balaban J connectivity index is 1.89. The summed E-state index contributed by atoms with van der Waals surface area (Å²) >= 11 is 0. The minimum absolute atomic E-state index is 0.0390. The number of likely N-dealkylation sites (tertiary alicyclic amines) is 1. The first kappa shape index (κ1) is 17.3. The topological polar surface area (TPSA) is 65.5 Å². The molecule has 2 N–H and O–H groups in total. The van der Waals surface area contributed by atoms with Gasteiger partial charge in [0.2, 0.25) is 0 Å². The first-order chi connectivity index (χ1) is 12.0. The molecule has 1 aliphatic rings. The molecule has 0 saturated carbocycles. The fourth-order valence-electron chi connectivity index (χ4n) is 2.99. The number of carbonyl (C=O) groups is 1. The Bertz CT molecular complexity index is 742. The van der Waals surface area contributed by atoms with Crippen LogP contribution in [0.3, 0.4) is 0 Å². The second kappa shape index (κ2) is 7.57. The molecule has 0 radical (unpaired) electrons. The van der Waals surface area contributed by atoms with Gasteiger partial charge in [0.15, 0.2) is 0 Å². The quantitative estimate of drug-likeness (QED) is 0.897. The molecular formula is C18H19F2N3O2. The van der Waals surface area contributed by atoms with E-state index < -0.39 is 29.8 Å². The van der Waals surface area contributed by atoms with Crippen molar-refractivity contribution in [1.82, 2.24) is 15.2 Å². The van der Waals surface area contributed by atoms with Crippen LogP contribution in [0.4, 0.5) is 13.6 Å². The Kier molecular flexibility index (Phi) is 5.23. The summed E-state index contributed by atoms with van der Waals surface area (Å²) in [7, 11) is 0. The van der Waals surface area contributed by atoms with Gasteiger partial charge < -0.3 is 15.3 Å². The Labute approximate surface area is 144 Å². The van der Waals surface area contributed by atoms with Crippen LogP contribution in [-0.4, -0.2) is 40.2 Å². The van der Waals surface area contributed by atoms with Crippen molar-refractivity contribution in [1.29, 1.82) is 0 Å². The lowest BCUT2D eigenvalue weighted by Gasteiger charge is -2.32. The van der Waals surface area contributed by atoms with Crippen LogP contribution in [0.2, 0.25) is 0 Å². The van der Waals surface area contributed by atoms with Gasteiger partial charge in [0.25, 0.3) is 0 Å². The standard InChI is InChI=1S/C18H19F2N3O2/c19-13-3-4-16(20)15(10-13)17(12-5-7-21-8-6-12)22-18(25)23-9-1-2-14(24)11-23/h3-8,10,14,17,24H,1-2,9,11H2,(H,22,25). The lowest BCUT2D eigenvalue weighted by molar-refractivity contribution is 0.0836. The van der Waals surface area contributed by atoms with Crippen molar-refractivity contribution < 1.29 is 18.7 Å². The summed E-state index contributed by atoms with van der Waals surface area (Å²) in [6.45, 7) is 0.734. The van der Waals surface area contributed by atoms with Crippen LogP contribution in [-0.2, 0) is 0 Å². The smallest absolute Gasteiger partial charge is 0.318 e. The van der Waals surface area contributed by atoms with Gasteiger partial charge >= 0.3 is 6.03 Å². The average molecular weight is 347 g/mol. The summed E-state index contributed by atoms with van der Waals surface area (Å²) in [5.41, 5.74) is 0.627. The van der Waals surface area contributed by atoms with Gasteiger partial charge in [-0.25, -0.2) is 13.6 Å². The molecule has 1 aliphatic heterocycles. The van der Waals surface area contributed by atoms with Crippen molar-refractivity contribution in [2.75, 3.05) is 13.1 Å². The molecule has 2 amide bonds. The van der Waals surface area contributed by atoms with E-state index in [1.807, 2.05) is 0 Å². The third-order valence-electron chi connectivity index (χ3n) is 4.26. The van der Waals surface area contributed by atoms with E-state index in [4.69, 9.17) is 0 Å². The predicted molar refractivity (Wildman–Crippen MR) is 87.8 cm³/mol. The van der Waals surface area contributed by atoms with Crippen LogP contribution in [0.5, 0.6) is 0 Å². The van der Waals surface area contributed by atoms with Crippen LogP contribution in [0.15, 0.2) is 42.7 Å². The zero-order valence-corrected chi connectivity index (χ0v) is 13.5. The van der Waals surface area contributed by atoms with E-state index in [0.29, 0.717) is 24.9 Å². The highest BCUT2D eigenvalue weighted by atomic mass is 19.1. The highest BCUT2D eigenvalue weighted by molar-refractivity contribution is 5.75. The molecule has 2 atom stereocenters. The molecule has 0 spiro atoms. The molecule has 0 bridgehead atoms. The van der Waals surface area contributed by atoms with E-state index in [1.165, 1.54) is 17.3 Å². The number of piperidine rings is 1. The maximum Gasteiger partial charge on any atom is 0.318 e. The van der Waals surface area contributed by atoms with E-state index >= 15 is 0 Å². The lowest BCUT2D eigenvalue weighted by Crippen LogP contribution is -2.48. The van der Waals surface area contributed by atoms with Crippen molar-refractivity contribution in [2.45, 2.75) is 25.0 Å². The lowest BCUT2D eigenvalue weighted by atomic mass is 9.99. The first-order valence-corrected chi connectivity index (χ1v) is 8.13. The number of hydrogen-bond acceptors (Lipinski definition) is 3. The third kappa shape index (κ3) is 4.11. The van der Waals surface area contributed by atoms with E-state index in [9.17, 15) is 18.7 Å². The Morgan fingerprint density at radius 3 is 2.76 bits per heavy atom. The molecule has 0 aliphatic carbocycles. The number of aliphatic hydroxyl groups is 1. The summed E-state index contributed by atoms with van der Waals surface area (Å²) in [6, 6.07) is 5.14. The van der Waals surface area contributed by atoms with Gasteiger partial charge in [0.05, 0.1) is 12.1 Å². The van der Waals surface area contributed by atoms with Crippen molar-refractivity contribution in [3.8, 4) is 0 Å². The molecule has 2 unspecified atom stereocenters. The van der Waals surface area contributed by atoms with Gasteiger partial charge in [0.1, 0.15) is 11.6 Å². The summed E-state index contributed by atoms with van der Waals surface area (Å²) < 4.78 is 27.9. The monoisotopic (exact) mass is 347 g/mol. The zero-order valence-electron chi connectivity index (χ0n) is 13.5. The molecule has 1 fully saturated rings. The summed E-state index contributed by atoms with van der Waals surface area (Å²) in [4.78, 5) is 18.0. The minimum Gasteiger partial charge on any atom is -0.391 e. The van der Waals surface area contributed by atoms with Crippen LogP contribution >= 0.6 is 0 Å². The molecule has 3 rings (SSSR count). The number of pyridine rings is 1. The van der Waals surface area contributed by atoms with E-state index in [1.54, 1.807) is 12.1 Å². The molecule has 1 saturated heterocycles. The fourth-order valence-corrected chi connectivity index (χ4v) is 2.99. The molecule has 132 valence electrons. The number of aromatic nitrogens is 1. The molecule has 1 aromatic heterocycles. The zero-order chi connectivity index (χ0) is 17.8. The largest absolute Gasteiger partial charge is 0.391 e. The van der Waals surface area contributed by atoms with Gasteiger partial charge in [-0.1, -0.05) is 0 Å². The summed E-state index contributed by atoms with van der Waals surface area (Å²) in [5, 5.41) is 12.5. The highest BCUT2D eigenvalue weighted by Crippen LogP contribution is 2.25. The highest BCUT2D eigenvalue weighted by Gasteiger charge is 2.26. The number of benzene rings is 1. The number of halogens is 2. The number of urea groups is 1. The number of β-amino-alcohol motifs (C(OH)–C–C–N with tert-alkyl or cyclic N) is 1. The van der Waals surface area contributed by atoms with E-state index in [2.05, 4.69) is 10.3 Å². The Hall–Kier alpha value is -2.54. The number of carbonyl (C=O) groups excluding carboxylic acids is 1. The van der Waals surface area contributed by atoms with Crippen LogP contribution in [0.25, 0.3) is 0 Å². The van der Waals surface area contributed by atoms with Gasteiger partial charge in [-0.15, -0.1) is 0 Å². The van der Waals surface area contributed by atoms with Crippen LogP contribution in [0, 0.1) is 11.6 Å². The predicted octanol–water partition coefficient (Wildman–Crippen LogP) is 2.62. The van der Waals surface area contributed by atoms with Gasteiger partial charge in [0, 0.05) is 31.0 Å². The maximum absolute atomic E-state index is 14.3. The number of hydrogen-bond donors (Lipinski definition) is 2. The van der Waals surface area contributed by atoms with Gasteiger partial charge in [-0.3, -0.25) is 4.98 Å². The van der Waals surface area contributed by atoms with Crippen molar-refractivity contribution in [3.05, 3.63) is 65.5 Å². The number of nitrogens with zero attached hydrogens (tertiary/aromatic N) is 2. The second-order valence-corrected chi connectivity index (χ2v) is 6.07. The van der Waals surface area contributed by atoms with E-state index in [-0.39, 0.29) is 12.1 Å². The molecule has 25 heavy (non-hydrogen) atoms. The molecule has 5 nitrogen and oxygen atoms in total. The van der Waals surface area contributed by atoms with E-state index in [0.717, 1.165) is 18.2 Å². The fraction of sp³-hybridized carbons (Fsp3) is 0.333. The van der Waals surface area contributed by atoms with Crippen molar-refractivity contribution in [2.24, 2.45) is 0 Å². The van der Waals surface area contributed by atoms with Gasteiger partial charge in [-0.2, -0.15) is 0 Å². The average Bonchev–Trinajstić information content (AvgIpc) is 2.62. The van der Waals surface area contributed by atoms with Crippen molar-refractivity contribution >= 4 is 6.03 Å². The Morgan fingerprint density at radius 1 is 1.28 bits per heavy atom. The summed E-state index contributed by atoms with van der Waals surface area (Å²) in [5.74, 6) is -1.19.